The van der Waals surface area contributed by atoms with Gasteiger partial charge in [0.1, 0.15) is 0 Å². The fourth-order valence-corrected chi connectivity index (χ4v) is 4.44. The van der Waals surface area contributed by atoms with Gasteiger partial charge < -0.3 is 10.2 Å². The molecule has 30 heavy (non-hydrogen) atoms. The molecular formula is C27H32N2O. The normalized spacial score (nSPS) is 15.6. The van der Waals surface area contributed by atoms with Crippen LogP contribution in [0, 0.1) is 5.92 Å². The molecule has 156 valence electrons. The van der Waals surface area contributed by atoms with Crippen LogP contribution in [0.2, 0.25) is 0 Å². The Morgan fingerprint density at radius 1 is 1.00 bits per heavy atom. The lowest BCUT2D eigenvalue weighted by Crippen LogP contribution is -2.34. The molecule has 1 fully saturated rings. The number of anilines is 1. The lowest BCUT2D eigenvalue weighted by atomic mass is 9.89. The van der Waals surface area contributed by atoms with Gasteiger partial charge in [-0.3, -0.25) is 4.79 Å². The molecule has 4 rings (SSSR count). The van der Waals surface area contributed by atoms with Crippen molar-refractivity contribution >= 4 is 22.4 Å². The molecule has 3 aromatic rings. The number of likely N-dealkylation sites (tertiary alicyclic amines) is 1. The highest BCUT2D eigenvalue weighted by Crippen LogP contribution is 2.30. The molecule has 1 aliphatic heterocycles. The van der Waals surface area contributed by atoms with Gasteiger partial charge in [0.15, 0.2) is 0 Å². The van der Waals surface area contributed by atoms with Crippen LogP contribution >= 0.6 is 0 Å². The maximum absolute atomic E-state index is 12.0. The SMILES string of the molecule is CC(C)C(=O)Nc1cccc(C2CCN(CCc3cccc4ccccc34)CC2)c1. The Labute approximate surface area is 180 Å². The van der Waals surface area contributed by atoms with Gasteiger partial charge in [-0.05, 0) is 72.3 Å². The molecule has 0 unspecified atom stereocenters. The minimum Gasteiger partial charge on any atom is -0.326 e. The van der Waals surface area contributed by atoms with Crippen molar-refractivity contribution in [1.29, 1.82) is 0 Å². The van der Waals surface area contributed by atoms with Crippen LogP contribution < -0.4 is 5.32 Å². The summed E-state index contributed by atoms with van der Waals surface area (Å²) in [6.45, 7) is 7.24. The first-order valence-corrected chi connectivity index (χ1v) is 11.2. The van der Waals surface area contributed by atoms with Crippen molar-refractivity contribution in [2.45, 2.75) is 39.0 Å². The molecule has 1 amide bonds. The Balaban J connectivity index is 1.32. The predicted octanol–water partition coefficient (Wildman–Crippen LogP) is 5.86. The standard InChI is InChI=1S/C27H32N2O/c1-20(2)27(30)28-25-11-6-10-24(19-25)21-13-16-29(17-14-21)18-15-23-9-5-8-22-7-3-4-12-26(22)23/h3-12,19-21H,13-18H2,1-2H3,(H,28,30). The van der Waals surface area contributed by atoms with Gasteiger partial charge in [-0.1, -0.05) is 68.4 Å². The highest BCUT2D eigenvalue weighted by molar-refractivity contribution is 5.92. The second-order valence-electron chi connectivity index (χ2n) is 8.77. The molecule has 0 spiro atoms. The zero-order chi connectivity index (χ0) is 20.9. The lowest BCUT2D eigenvalue weighted by Gasteiger charge is -2.32. The first-order chi connectivity index (χ1) is 14.6. The molecule has 0 aromatic heterocycles. The molecule has 1 N–H and O–H groups in total. The number of hydrogen-bond donors (Lipinski definition) is 1. The summed E-state index contributed by atoms with van der Waals surface area (Å²) in [5, 5.41) is 5.75. The summed E-state index contributed by atoms with van der Waals surface area (Å²) < 4.78 is 0. The second-order valence-corrected chi connectivity index (χ2v) is 8.77. The minimum atomic E-state index is -0.00127. The highest BCUT2D eigenvalue weighted by atomic mass is 16.1. The minimum absolute atomic E-state index is 0.00127. The van der Waals surface area contributed by atoms with Crippen LogP contribution in [0.5, 0.6) is 0 Å². The molecule has 3 nitrogen and oxygen atoms in total. The number of hydrogen-bond acceptors (Lipinski definition) is 2. The van der Waals surface area contributed by atoms with E-state index in [0.717, 1.165) is 31.7 Å². The van der Waals surface area contributed by atoms with Crippen LogP contribution in [-0.2, 0) is 11.2 Å². The Kier molecular flexibility index (Phi) is 6.49. The Bertz CT molecular complexity index is 997. The van der Waals surface area contributed by atoms with E-state index >= 15 is 0 Å². The molecular weight excluding hydrogens is 368 g/mol. The van der Waals surface area contributed by atoms with E-state index in [1.54, 1.807) is 0 Å². The number of nitrogens with zero attached hydrogens (tertiary/aromatic N) is 1. The van der Waals surface area contributed by atoms with Crippen molar-refractivity contribution < 1.29 is 4.79 Å². The molecule has 1 heterocycles. The Hall–Kier alpha value is -2.65. The molecule has 0 aliphatic carbocycles. The van der Waals surface area contributed by atoms with Crippen LogP contribution in [-0.4, -0.2) is 30.4 Å². The van der Waals surface area contributed by atoms with Crippen LogP contribution in [0.1, 0.15) is 43.7 Å². The van der Waals surface area contributed by atoms with E-state index in [2.05, 4.69) is 70.9 Å². The number of amides is 1. The third-order valence-electron chi connectivity index (χ3n) is 6.31. The quantitative estimate of drug-likeness (QED) is 0.562. The monoisotopic (exact) mass is 400 g/mol. The second kappa shape index (κ2) is 9.44. The van der Waals surface area contributed by atoms with E-state index in [1.807, 2.05) is 19.9 Å². The van der Waals surface area contributed by atoms with Gasteiger partial charge >= 0.3 is 0 Å². The number of piperidine rings is 1. The molecule has 0 atom stereocenters. The van der Waals surface area contributed by atoms with Crippen molar-refractivity contribution in [1.82, 2.24) is 4.90 Å². The van der Waals surface area contributed by atoms with Gasteiger partial charge in [-0.25, -0.2) is 0 Å². The lowest BCUT2D eigenvalue weighted by molar-refractivity contribution is -0.118. The summed E-state index contributed by atoms with van der Waals surface area (Å²) in [6, 6.07) is 23.8. The molecule has 1 aliphatic rings. The van der Waals surface area contributed by atoms with Gasteiger partial charge in [0.25, 0.3) is 0 Å². The van der Waals surface area contributed by atoms with Crippen LogP contribution in [0.3, 0.4) is 0 Å². The molecule has 0 radical (unpaired) electrons. The van der Waals surface area contributed by atoms with Crippen molar-refractivity contribution in [3.8, 4) is 0 Å². The zero-order valence-electron chi connectivity index (χ0n) is 18.1. The van der Waals surface area contributed by atoms with Crippen LogP contribution in [0.4, 0.5) is 5.69 Å². The van der Waals surface area contributed by atoms with Crippen molar-refractivity contribution in [3.63, 3.8) is 0 Å². The number of nitrogens with one attached hydrogen (secondary N) is 1. The highest BCUT2D eigenvalue weighted by Gasteiger charge is 2.21. The largest absolute Gasteiger partial charge is 0.326 e. The van der Waals surface area contributed by atoms with E-state index in [9.17, 15) is 4.79 Å². The smallest absolute Gasteiger partial charge is 0.226 e. The van der Waals surface area contributed by atoms with E-state index in [0.29, 0.717) is 5.92 Å². The molecule has 3 aromatic carbocycles. The number of carbonyl (C=O) groups is 1. The van der Waals surface area contributed by atoms with Gasteiger partial charge in [-0.15, -0.1) is 0 Å². The summed E-state index contributed by atoms with van der Waals surface area (Å²) >= 11 is 0. The van der Waals surface area contributed by atoms with Crippen molar-refractivity contribution in [2.75, 3.05) is 25.0 Å². The molecule has 0 saturated carbocycles. The number of fused-ring (bicyclic) bond motifs is 1. The summed E-state index contributed by atoms with van der Waals surface area (Å²) in [5.74, 6) is 0.656. The fourth-order valence-electron chi connectivity index (χ4n) is 4.44. The van der Waals surface area contributed by atoms with Crippen molar-refractivity contribution in [3.05, 3.63) is 77.9 Å². The van der Waals surface area contributed by atoms with Gasteiger partial charge in [0.05, 0.1) is 0 Å². The maximum Gasteiger partial charge on any atom is 0.226 e. The number of rotatable bonds is 6. The topological polar surface area (TPSA) is 32.3 Å². The predicted molar refractivity (Wildman–Crippen MR) is 126 cm³/mol. The van der Waals surface area contributed by atoms with Crippen LogP contribution in [0.25, 0.3) is 10.8 Å². The van der Waals surface area contributed by atoms with Gasteiger partial charge in [-0.2, -0.15) is 0 Å². The third kappa shape index (κ3) is 4.91. The summed E-state index contributed by atoms with van der Waals surface area (Å²) in [4.78, 5) is 14.6. The van der Waals surface area contributed by atoms with E-state index < -0.39 is 0 Å². The molecule has 3 heteroatoms. The average Bonchev–Trinajstić information content (AvgIpc) is 2.78. The number of carbonyl (C=O) groups excluding carboxylic acids is 1. The van der Waals surface area contributed by atoms with E-state index in [1.165, 1.54) is 34.7 Å². The van der Waals surface area contributed by atoms with Crippen molar-refractivity contribution in [2.24, 2.45) is 5.92 Å². The summed E-state index contributed by atoms with van der Waals surface area (Å²) in [7, 11) is 0. The first kappa shape index (κ1) is 20.6. The van der Waals surface area contributed by atoms with Gasteiger partial charge in [0.2, 0.25) is 5.91 Å². The average molecular weight is 401 g/mol. The Morgan fingerprint density at radius 2 is 1.73 bits per heavy atom. The zero-order valence-corrected chi connectivity index (χ0v) is 18.1. The maximum atomic E-state index is 12.0. The van der Waals surface area contributed by atoms with Crippen LogP contribution in [0.15, 0.2) is 66.7 Å². The molecule has 0 bridgehead atoms. The third-order valence-corrected chi connectivity index (χ3v) is 6.31. The molecule has 1 saturated heterocycles. The Morgan fingerprint density at radius 3 is 2.53 bits per heavy atom. The number of benzene rings is 3. The van der Waals surface area contributed by atoms with Gasteiger partial charge in [0, 0.05) is 18.2 Å². The fraction of sp³-hybridized carbons (Fsp3) is 0.370. The summed E-state index contributed by atoms with van der Waals surface area (Å²) in [6.07, 6.45) is 3.46. The first-order valence-electron chi connectivity index (χ1n) is 11.2. The summed E-state index contributed by atoms with van der Waals surface area (Å²) in [5.41, 5.74) is 3.72. The van der Waals surface area contributed by atoms with E-state index in [-0.39, 0.29) is 11.8 Å². The van der Waals surface area contributed by atoms with E-state index in [4.69, 9.17) is 0 Å².